The van der Waals surface area contributed by atoms with Crippen LogP contribution in [-0.2, 0) is 14.8 Å². The van der Waals surface area contributed by atoms with E-state index in [1.165, 1.54) is 12.1 Å². The Morgan fingerprint density at radius 3 is 2.63 bits per heavy atom. The van der Waals surface area contributed by atoms with Crippen LogP contribution in [0.2, 0.25) is 0 Å². The molecule has 0 unspecified atom stereocenters. The highest BCUT2D eigenvalue weighted by atomic mass is 32.2. The Kier molecular flexibility index (Phi) is 5.71. The first kappa shape index (κ1) is 19.2. The molecule has 1 aliphatic rings. The molecular weight excluding hydrogens is 378 g/mol. The van der Waals surface area contributed by atoms with Crippen LogP contribution in [0.15, 0.2) is 47.4 Å². The van der Waals surface area contributed by atoms with Crippen molar-refractivity contribution in [2.75, 3.05) is 17.9 Å². The number of carbonyl (C=O) groups is 1. The third kappa shape index (κ3) is 4.61. The lowest BCUT2D eigenvalue weighted by atomic mass is 10.1. The minimum Gasteiger partial charge on any atom is -0.376 e. The largest absolute Gasteiger partial charge is 0.376 e. The van der Waals surface area contributed by atoms with Gasteiger partial charge in [-0.2, -0.15) is 0 Å². The molecule has 9 heteroatoms. The number of benzene rings is 2. The number of amides is 1. The van der Waals surface area contributed by atoms with Gasteiger partial charge in [0.2, 0.25) is 0 Å². The second kappa shape index (κ2) is 8.01. The van der Waals surface area contributed by atoms with E-state index in [9.17, 15) is 22.0 Å². The fourth-order valence-electron chi connectivity index (χ4n) is 2.72. The van der Waals surface area contributed by atoms with Crippen LogP contribution in [-0.4, -0.2) is 33.6 Å². The van der Waals surface area contributed by atoms with Crippen molar-refractivity contribution in [2.24, 2.45) is 0 Å². The van der Waals surface area contributed by atoms with Crippen molar-refractivity contribution in [1.82, 2.24) is 5.32 Å². The van der Waals surface area contributed by atoms with E-state index in [0.29, 0.717) is 19.2 Å². The van der Waals surface area contributed by atoms with Gasteiger partial charge in [-0.1, -0.05) is 12.1 Å². The van der Waals surface area contributed by atoms with Gasteiger partial charge in [0.25, 0.3) is 15.9 Å². The quantitative estimate of drug-likeness (QED) is 0.786. The van der Waals surface area contributed by atoms with Crippen LogP contribution in [0, 0.1) is 11.6 Å². The number of halogens is 2. The number of hydrogen-bond acceptors (Lipinski definition) is 4. The summed E-state index contributed by atoms with van der Waals surface area (Å²) in [6, 6.07) is 8.28. The molecule has 1 atom stereocenters. The van der Waals surface area contributed by atoms with Crippen molar-refractivity contribution in [1.29, 1.82) is 0 Å². The number of ether oxygens (including phenoxy) is 1. The van der Waals surface area contributed by atoms with Gasteiger partial charge in [-0.3, -0.25) is 9.52 Å². The van der Waals surface area contributed by atoms with Gasteiger partial charge in [-0.05, 0) is 43.2 Å². The van der Waals surface area contributed by atoms with Crippen LogP contribution in [0.25, 0.3) is 0 Å². The zero-order valence-corrected chi connectivity index (χ0v) is 15.1. The molecule has 2 aromatic carbocycles. The van der Waals surface area contributed by atoms with E-state index >= 15 is 0 Å². The molecule has 3 rings (SSSR count). The van der Waals surface area contributed by atoms with Crippen LogP contribution >= 0.6 is 0 Å². The first-order valence-electron chi connectivity index (χ1n) is 8.33. The Labute approximate surface area is 155 Å². The zero-order chi connectivity index (χ0) is 19.4. The molecule has 1 heterocycles. The minimum absolute atomic E-state index is 0.0343. The van der Waals surface area contributed by atoms with Crippen LogP contribution in [0.1, 0.15) is 23.2 Å². The molecule has 1 aliphatic heterocycles. The second-order valence-electron chi connectivity index (χ2n) is 6.07. The molecule has 6 nitrogen and oxygen atoms in total. The minimum atomic E-state index is -4.20. The van der Waals surface area contributed by atoms with Crippen molar-refractivity contribution in [3.63, 3.8) is 0 Å². The van der Waals surface area contributed by atoms with Crippen LogP contribution in [0.4, 0.5) is 14.5 Å². The van der Waals surface area contributed by atoms with E-state index < -0.39 is 32.5 Å². The average molecular weight is 396 g/mol. The molecule has 0 radical (unpaired) electrons. The van der Waals surface area contributed by atoms with E-state index in [0.717, 1.165) is 25.0 Å². The van der Waals surface area contributed by atoms with Gasteiger partial charge in [-0.15, -0.1) is 0 Å². The summed E-state index contributed by atoms with van der Waals surface area (Å²) in [6.45, 7) is 0.980. The Bertz CT molecular complexity index is 944. The molecular formula is C18H18F2N2O4S. The van der Waals surface area contributed by atoms with Gasteiger partial charge in [0.15, 0.2) is 11.6 Å². The molecule has 0 spiro atoms. The Balaban J connectivity index is 1.78. The van der Waals surface area contributed by atoms with Gasteiger partial charge in [-0.25, -0.2) is 17.2 Å². The number of carbonyl (C=O) groups excluding carboxylic acids is 1. The molecule has 1 saturated heterocycles. The maximum atomic E-state index is 13.4. The van der Waals surface area contributed by atoms with Gasteiger partial charge >= 0.3 is 0 Å². The van der Waals surface area contributed by atoms with Crippen molar-refractivity contribution >= 4 is 21.6 Å². The van der Waals surface area contributed by atoms with Crippen molar-refractivity contribution < 1.29 is 26.7 Å². The van der Waals surface area contributed by atoms with Crippen LogP contribution in [0.5, 0.6) is 0 Å². The van der Waals surface area contributed by atoms with E-state index in [1.807, 2.05) is 0 Å². The Morgan fingerprint density at radius 1 is 1.15 bits per heavy atom. The van der Waals surface area contributed by atoms with E-state index in [4.69, 9.17) is 4.74 Å². The summed E-state index contributed by atoms with van der Waals surface area (Å²) in [6.07, 6.45) is 1.73. The van der Waals surface area contributed by atoms with Crippen LogP contribution < -0.4 is 10.0 Å². The summed E-state index contributed by atoms with van der Waals surface area (Å²) in [4.78, 5) is 12.0. The number of rotatable bonds is 6. The summed E-state index contributed by atoms with van der Waals surface area (Å²) < 4.78 is 59.0. The van der Waals surface area contributed by atoms with Gasteiger partial charge < -0.3 is 10.1 Å². The highest BCUT2D eigenvalue weighted by Crippen LogP contribution is 2.21. The molecule has 27 heavy (non-hydrogen) atoms. The SMILES string of the molecule is O=C(NC[C@@H]1CCCO1)c1ccccc1NS(=O)(=O)c1ccc(F)c(F)c1. The maximum absolute atomic E-state index is 13.4. The van der Waals surface area contributed by atoms with Gasteiger partial charge in [0.05, 0.1) is 22.3 Å². The third-order valence-corrected chi connectivity index (χ3v) is 5.49. The van der Waals surface area contributed by atoms with Gasteiger partial charge in [0, 0.05) is 13.2 Å². The smallest absolute Gasteiger partial charge is 0.262 e. The lowest BCUT2D eigenvalue weighted by Gasteiger charge is -2.14. The van der Waals surface area contributed by atoms with Crippen molar-refractivity contribution in [2.45, 2.75) is 23.8 Å². The fraction of sp³-hybridized carbons (Fsp3) is 0.278. The number of sulfonamides is 1. The number of anilines is 1. The third-order valence-electron chi connectivity index (χ3n) is 4.13. The highest BCUT2D eigenvalue weighted by Gasteiger charge is 2.21. The first-order chi connectivity index (χ1) is 12.9. The lowest BCUT2D eigenvalue weighted by molar-refractivity contribution is 0.0858. The summed E-state index contributed by atoms with van der Waals surface area (Å²) in [7, 11) is -4.20. The highest BCUT2D eigenvalue weighted by molar-refractivity contribution is 7.92. The number of nitrogens with one attached hydrogen (secondary N) is 2. The molecule has 0 aliphatic carbocycles. The summed E-state index contributed by atoms with van der Waals surface area (Å²) in [5.41, 5.74) is 0.147. The standard InChI is InChI=1S/C18H18F2N2O4S/c19-15-8-7-13(10-16(15)20)27(24,25)22-17-6-2-1-5-14(17)18(23)21-11-12-4-3-9-26-12/h1-2,5-8,10,12,22H,3-4,9,11H2,(H,21,23)/t12-/m0/s1. The molecule has 0 aromatic heterocycles. The predicted octanol–water partition coefficient (Wildman–Crippen LogP) is 2.67. The first-order valence-corrected chi connectivity index (χ1v) is 9.82. The molecule has 0 saturated carbocycles. The molecule has 2 aromatic rings. The van der Waals surface area contributed by atoms with Gasteiger partial charge in [0.1, 0.15) is 0 Å². The predicted molar refractivity (Wildman–Crippen MR) is 94.9 cm³/mol. The fourth-order valence-corrected chi connectivity index (χ4v) is 3.82. The average Bonchev–Trinajstić information content (AvgIpc) is 3.15. The Morgan fingerprint density at radius 2 is 1.93 bits per heavy atom. The molecule has 144 valence electrons. The Hall–Kier alpha value is -2.52. The monoisotopic (exact) mass is 396 g/mol. The maximum Gasteiger partial charge on any atom is 0.262 e. The van der Waals surface area contributed by atoms with E-state index in [2.05, 4.69) is 10.0 Å². The summed E-state index contributed by atoms with van der Waals surface area (Å²) in [5.74, 6) is -2.89. The molecule has 1 fully saturated rings. The second-order valence-corrected chi connectivity index (χ2v) is 7.75. The lowest BCUT2D eigenvalue weighted by Crippen LogP contribution is -2.32. The topological polar surface area (TPSA) is 84.5 Å². The van der Waals surface area contributed by atoms with E-state index in [1.54, 1.807) is 12.1 Å². The summed E-state index contributed by atoms with van der Waals surface area (Å²) >= 11 is 0. The number of hydrogen-bond donors (Lipinski definition) is 2. The zero-order valence-electron chi connectivity index (χ0n) is 14.2. The van der Waals surface area contributed by atoms with E-state index in [-0.39, 0.29) is 17.4 Å². The molecule has 2 N–H and O–H groups in total. The van der Waals surface area contributed by atoms with Crippen LogP contribution in [0.3, 0.4) is 0 Å². The molecule has 1 amide bonds. The molecule has 0 bridgehead atoms. The van der Waals surface area contributed by atoms with Crippen molar-refractivity contribution in [3.05, 3.63) is 59.7 Å². The van der Waals surface area contributed by atoms with Crippen molar-refractivity contribution in [3.8, 4) is 0 Å². The summed E-state index contributed by atoms with van der Waals surface area (Å²) in [5, 5.41) is 2.72. The normalized spacial score (nSPS) is 16.9. The number of para-hydroxylation sites is 1.